The predicted molar refractivity (Wildman–Crippen MR) is 127 cm³/mol. The van der Waals surface area contributed by atoms with E-state index in [1.54, 1.807) is 30.5 Å². The fourth-order valence-electron chi connectivity index (χ4n) is 5.99. The van der Waals surface area contributed by atoms with E-state index in [4.69, 9.17) is 4.42 Å². The summed E-state index contributed by atoms with van der Waals surface area (Å²) in [6.07, 6.45) is 10.4. The van der Waals surface area contributed by atoms with E-state index in [1.807, 2.05) is 25.1 Å². The van der Waals surface area contributed by atoms with Gasteiger partial charge in [0.2, 0.25) is 5.91 Å². The third-order valence-electron chi connectivity index (χ3n) is 8.00. The zero-order chi connectivity index (χ0) is 23.1. The van der Waals surface area contributed by atoms with E-state index in [0.717, 1.165) is 48.7 Å². The summed E-state index contributed by atoms with van der Waals surface area (Å²) in [5.74, 6) is 1.64. The van der Waals surface area contributed by atoms with Crippen LogP contribution in [0.3, 0.4) is 0 Å². The summed E-state index contributed by atoms with van der Waals surface area (Å²) in [7, 11) is 0. The number of carbonyl (C=O) groups excluding carboxylic acids is 1. The maximum Gasteiger partial charge on any atom is 0.244 e. The van der Waals surface area contributed by atoms with Crippen molar-refractivity contribution < 1.29 is 19.4 Å². The molecule has 0 radical (unpaired) electrons. The lowest BCUT2D eigenvalue weighted by Crippen LogP contribution is -2.67. The molecule has 176 valence electrons. The van der Waals surface area contributed by atoms with Crippen molar-refractivity contribution in [2.24, 2.45) is 5.92 Å². The average Bonchev–Trinajstić information content (AvgIpc) is 3.50. The largest absolute Gasteiger partial charge is 0.508 e. The van der Waals surface area contributed by atoms with Crippen LogP contribution in [0.4, 0.5) is 0 Å². The summed E-state index contributed by atoms with van der Waals surface area (Å²) in [4.78, 5) is 15.1. The van der Waals surface area contributed by atoms with Crippen molar-refractivity contribution in [3.8, 4) is 5.75 Å². The van der Waals surface area contributed by atoms with E-state index in [-0.39, 0.29) is 17.7 Å². The maximum atomic E-state index is 12.7. The zero-order valence-electron chi connectivity index (χ0n) is 19.3. The number of likely N-dealkylation sites (tertiary alicyclic amines) is 1. The highest BCUT2D eigenvalue weighted by Gasteiger charge is 2.57. The number of carbonyl (C=O) groups is 1. The van der Waals surface area contributed by atoms with Crippen molar-refractivity contribution in [2.45, 2.75) is 62.5 Å². The number of aromatic hydroxyl groups is 1. The molecular formula is C27H34N2O4. The second-order valence-corrected chi connectivity index (χ2v) is 10.3. The second-order valence-electron chi connectivity index (χ2n) is 10.3. The molecule has 0 spiro atoms. The van der Waals surface area contributed by atoms with E-state index in [2.05, 4.69) is 10.2 Å². The van der Waals surface area contributed by atoms with Crippen molar-refractivity contribution in [1.29, 1.82) is 0 Å². The normalized spacial score (nSPS) is 30.3. The number of hydrogen-bond acceptors (Lipinski definition) is 5. The van der Waals surface area contributed by atoms with Gasteiger partial charge in [-0.25, -0.2) is 0 Å². The first kappa shape index (κ1) is 22.2. The molecule has 1 amide bonds. The first-order valence-corrected chi connectivity index (χ1v) is 12.1. The van der Waals surface area contributed by atoms with Crippen LogP contribution in [0.1, 0.15) is 55.4 Å². The van der Waals surface area contributed by atoms with Gasteiger partial charge in [0.15, 0.2) is 0 Å². The number of furan rings is 1. The molecule has 3 N–H and O–H groups in total. The van der Waals surface area contributed by atoms with Gasteiger partial charge < -0.3 is 24.8 Å². The van der Waals surface area contributed by atoms with Crippen LogP contribution in [0.5, 0.6) is 5.75 Å². The van der Waals surface area contributed by atoms with Gasteiger partial charge in [-0.15, -0.1) is 0 Å². The number of β-amino-alcohol motifs (C(OH)–C–C–N with tert-alkyl or cyclic N) is 1. The Bertz CT molecular complexity index is 1040. The molecule has 1 saturated heterocycles. The third-order valence-corrected chi connectivity index (χ3v) is 8.00. The van der Waals surface area contributed by atoms with Crippen molar-refractivity contribution in [3.05, 3.63) is 59.6 Å². The third kappa shape index (κ3) is 4.46. The van der Waals surface area contributed by atoms with Crippen molar-refractivity contribution in [1.82, 2.24) is 10.2 Å². The smallest absolute Gasteiger partial charge is 0.244 e. The molecular weight excluding hydrogens is 416 g/mol. The summed E-state index contributed by atoms with van der Waals surface area (Å²) in [6, 6.07) is 9.15. The number of nitrogens with one attached hydrogen (secondary N) is 1. The number of nitrogens with zero attached hydrogens (tertiary/aromatic N) is 1. The number of aliphatic hydroxyl groups is 1. The van der Waals surface area contributed by atoms with Gasteiger partial charge in [-0.3, -0.25) is 4.79 Å². The molecule has 1 aliphatic heterocycles. The summed E-state index contributed by atoms with van der Waals surface area (Å²) in [5.41, 5.74) is 0.494. The number of rotatable bonds is 6. The Morgan fingerprint density at radius 3 is 2.85 bits per heavy atom. The van der Waals surface area contributed by atoms with E-state index >= 15 is 0 Å². The molecule has 2 aliphatic carbocycles. The minimum Gasteiger partial charge on any atom is -0.508 e. The number of piperidine rings is 1. The summed E-state index contributed by atoms with van der Waals surface area (Å²) in [5, 5.41) is 25.4. The number of amides is 1. The van der Waals surface area contributed by atoms with Gasteiger partial charge in [-0.05, 0) is 87.7 Å². The Balaban J connectivity index is 1.36. The molecule has 3 fully saturated rings. The highest BCUT2D eigenvalue weighted by molar-refractivity contribution is 5.92. The van der Waals surface area contributed by atoms with Crippen molar-refractivity contribution in [2.75, 3.05) is 19.6 Å². The Labute approximate surface area is 195 Å². The number of hydrogen-bond donors (Lipinski definition) is 3. The van der Waals surface area contributed by atoms with Gasteiger partial charge in [-0.2, -0.15) is 0 Å². The minimum atomic E-state index is -0.876. The highest BCUT2D eigenvalue weighted by Crippen LogP contribution is 2.52. The molecule has 6 nitrogen and oxygen atoms in total. The van der Waals surface area contributed by atoms with E-state index in [9.17, 15) is 15.0 Å². The summed E-state index contributed by atoms with van der Waals surface area (Å²) >= 11 is 0. The lowest BCUT2D eigenvalue weighted by molar-refractivity contribution is -0.132. The van der Waals surface area contributed by atoms with E-state index in [0.29, 0.717) is 19.4 Å². The molecule has 1 aromatic heterocycles. The average molecular weight is 451 g/mol. The van der Waals surface area contributed by atoms with E-state index in [1.165, 1.54) is 12.8 Å². The van der Waals surface area contributed by atoms with Crippen LogP contribution in [0, 0.1) is 12.8 Å². The van der Waals surface area contributed by atoms with Crippen LogP contribution in [0.15, 0.2) is 47.1 Å². The van der Waals surface area contributed by atoms with Crippen LogP contribution in [-0.2, 0) is 10.2 Å². The minimum absolute atomic E-state index is 0.0368. The van der Waals surface area contributed by atoms with Gasteiger partial charge >= 0.3 is 0 Å². The predicted octanol–water partition coefficient (Wildman–Crippen LogP) is 3.76. The van der Waals surface area contributed by atoms with Crippen LogP contribution in [0.25, 0.3) is 6.08 Å². The Kier molecular flexibility index (Phi) is 5.83. The van der Waals surface area contributed by atoms with Gasteiger partial charge in [-0.1, -0.05) is 12.1 Å². The van der Waals surface area contributed by atoms with Gasteiger partial charge in [0.05, 0.1) is 11.9 Å². The molecule has 1 aromatic carbocycles. The molecule has 2 heterocycles. The Hall–Kier alpha value is -2.57. The first-order valence-electron chi connectivity index (χ1n) is 12.1. The van der Waals surface area contributed by atoms with Crippen molar-refractivity contribution >= 4 is 12.0 Å². The molecule has 2 aromatic rings. The fraction of sp³-hybridized carbons (Fsp3) is 0.519. The standard InChI is InChI=1S/C27H34N2O4/c1-19-21(10-14-33-19)7-8-25(31)28-23-9-11-27(32)18-29(17-20-5-6-20)13-12-26(27,16-23)22-3-2-4-24(30)15-22/h2-4,7-8,10,14-15,20,23,30,32H,5-6,9,11-13,16-18H2,1H3,(H,28,31)/t23-,26+,27+/m1/s1. The van der Waals surface area contributed by atoms with Gasteiger partial charge in [0.25, 0.3) is 0 Å². The lowest BCUT2D eigenvalue weighted by Gasteiger charge is -2.58. The second kappa shape index (κ2) is 8.65. The molecule has 0 unspecified atom stereocenters. The number of aryl methyl sites for hydroxylation is 1. The Morgan fingerprint density at radius 2 is 2.12 bits per heavy atom. The molecule has 33 heavy (non-hydrogen) atoms. The number of phenols is 1. The summed E-state index contributed by atoms with van der Waals surface area (Å²) in [6.45, 7) is 4.51. The SMILES string of the molecule is Cc1occc1C=CC(=O)N[C@@H]1CC[C@]2(O)CN(CC3CC3)CC[C@@]2(c2cccc(O)c2)C1. The molecule has 3 aliphatic rings. The number of fused-ring (bicyclic) bond motifs is 1. The fourth-order valence-corrected chi connectivity index (χ4v) is 5.99. The molecule has 3 atom stereocenters. The van der Waals surface area contributed by atoms with Crippen molar-refractivity contribution in [3.63, 3.8) is 0 Å². The molecule has 6 heteroatoms. The van der Waals surface area contributed by atoms with Crippen LogP contribution >= 0.6 is 0 Å². The highest BCUT2D eigenvalue weighted by atomic mass is 16.3. The lowest BCUT2D eigenvalue weighted by atomic mass is 9.55. The number of phenolic OH excluding ortho intramolecular Hbond substituents is 1. The topological polar surface area (TPSA) is 85.9 Å². The first-order chi connectivity index (χ1) is 15.9. The van der Waals surface area contributed by atoms with Crippen LogP contribution < -0.4 is 5.32 Å². The molecule has 5 rings (SSSR count). The van der Waals surface area contributed by atoms with Crippen LogP contribution in [-0.4, -0.2) is 52.3 Å². The van der Waals surface area contributed by atoms with Gasteiger partial charge in [0, 0.05) is 36.2 Å². The van der Waals surface area contributed by atoms with Gasteiger partial charge in [0.1, 0.15) is 11.5 Å². The zero-order valence-corrected chi connectivity index (χ0v) is 19.3. The van der Waals surface area contributed by atoms with E-state index < -0.39 is 11.0 Å². The summed E-state index contributed by atoms with van der Waals surface area (Å²) < 4.78 is 5.29. The van der Waals surface area contributed by atoms with Crippen LogP contribution in [0.2, 0.25) is 0 Å². The quantitative estimate of drug-likeness (QED) is 0.584. The number of benzene rings is 1. The maximum absolute atomic E-state index is 12.7. The monoisotopic (exact) mass is 450 g/mol. The Morgan fingerprint density at radius 1 is 1.27 bits per heavy atom. The molecule has 0 bridgehead atoms. The molecule has 2 saturated carbocycles.